The van der Waals surface area contributed by atoms with Crippen LogP contribution in [0.25, 0.3) is 0 Å². The molecule has 1 aromatic carbocycles. The summed E-state index contributed by atoms with van der Waals surface area (Å²) >= 11 is 0. The Kier molecular flexibility index (Phi) is 4.53. The topological polar surface area (TPSA) is 129 Å². The highest BCUT2D eigenvalue weighted by Gasteiger charge is 2.51. The Morgan fingerprint density at radius 1 is 1.07 bits per heavy atom. The van der Waals surface area contributed by atoms with E-state index in [2.05, 4.69) is 9.98 Å². The molecule has 144 valence electrons. The van der Waals surface area contributed by atoms with Gasteiger partial charge in [-0.15, -0.1) is 0 Å². The Morgan fingerprint density at radius 3 is 2.30 bits per heavy atom. The molecule has 0 amide bonds. The average Bonchev–Trinajstić information content (AvgIpc) is 2.58. The van der Waals surface area contributed by atoms with Crippen LogP contribution in [0.2, 0.25) is 0 Å². The van der Waals surface area contributed by atoms with Crippen LogP contribution in [0, 0.1) is 23.2 Å². The zero-order valence-electron chi connectivity index (χ0n) is 15.4. The molecule has 5 rings (SSSR count). The van der Waals surface area contributed by atoms with Crippen LogP contribution < -0.4 is 17.2 Å². The van der Waals surface area contributed by atoms with Crippen LogP contribution in [-0.4, -0.2) is 24.5 Å². The number of hydrogen-bond donors (Lipinski definition) is 3. The van der Waals surface area contributed by atoms with E-state index in [1.165, 1.54) is 38.5 Å². The number of carbonyl (C=O) groups is 1. The molecule has 0 aromatic heterocycles. The van der Waals surface area contributed by atoms with E-state index in [9.17, 15) is 4.79 Å². The van der Waals surface area contributed by atoms with Crippen molar-refractivity contribution in [2.75, 3.05) is 6.61 Å². The van der Waals surface area contributed by atoms with Gasteiger partial charge >= 0.3 is 5.97 Å². The Labute approximate surface area is 159 Å². The molecule has 4 fully saturated rings. The van der Waals surface area contributed by atoms with Crippen molar-refractivity contribution in [2.24, 2.45) is 50.4 Å². The second kappa shape index (κ2) is 6.87. The quantitative estimate of drug-likeness (QED) is 0.426. The van der Waals surface area contributed by atoms with E-state index in [0.717, 1.165) is 17.8 Å². The Hall–Kier alpha value is -2.57. The summed E-state index contributed by atoms with van der Waals surface area (Å²) in [6.45, 7) is 0.527. The van der Waals surface area contributed by atoms with E-state index in [0.29, 0.717) is 17.9 Å². The maximum absolute atomic E-state index is 12.6. The predicted molar refractivity (Wildman–Crippen MR) is 104 cm³/mol. The zero-order valence-corrected chi connectivity index (χ0v) is 15.4. The highest BCUT2D eigenvalue weighted by molar-refractivity contribution is 5.94. The zero-order chi connectivity index (χ0) is 19.0. The second-order valence-corrected chi connectivity index (χ2v) is 8.55. The number of ether oxygens (including phenoxy) is 1. The van der Waals surface area contributed by atoms with Crippen LogP contribution in [0.5, 0.6) is 0 Å². The fourth-order valence-electron chi connectivity index (χ4n) is 5.76. The third-order valence-electron chi connectivity index (χ3n) is 6.24. The summed E-state index contributed by atoms with van der Waals surface area (Å²) in [5.74, 6) is 1.98. The molecule has 7 heteroatoms. The lowest BCUT2D eigenvalue weighted by atomic mass is 9.50. The summed E-state index contributed by atoms with van der Waals surface area (Å²) in [6.07, 6.45) is 7.78. The fraction of sp³-hybridized carbons (Fsp3) is 0.550. The molecule has 1 aromatic rings. The minimum atomic E-state index is -0.316. The molecule has 4 aliphatic rings. The van der Waals surface area contributed by atoms with Crippen LogP contribution in [0.15, 0.2) is 34.3 Å². The summed E-state index contributed by atoms with van der Waals surface area (Å²) in [6, 6.07) is 6.82. The lowest BCUT2D eigenvalue weighted by Crippen LogP contribution is -2.48. The summed E-state index contributed by atoms with van der Waals surface area (Å²) < 4.78 is 5.75. The van der Waals surface area contributed by atoms with Crippen LogP contribution in [0.4, 0.5) is 5.69 Å². The highest BCUT2D eigenvalue weighted by Crippen LogP contribution is 2.60. The van der Waals surface area contributed by atoms with Gasteiger partial charge in [-0.25, -0.2) is 9.79 Å². The van der Waals surface area contributed by atoms with Gasteiger partial charge in [0.25, 0.3) is 0 Å². The lowest BCUT2D eigenvalue weighted by molar-refractivity contribution is -0.0848. The van der Waals surface area contributed by atoms with Crippen molar-refractivity contribution in [3.63, 3.8) is 0 Å². The number of nitrogens with two attached hydrogens (primary N) is 3. The molecule has 4 saturated carbocycles. The van der Waals surface area contributed by atoms with Gasteiger partial charge in [0.1, 0.15) is 0 Å². The van der Waals surface area contributed by atoms with Gasteiger partial charge in [-0.2, -0.15) is 4.99 Å². The van der Waals surface area contributed by atoms with Crippen molar-refractivity contribution in [1.82, 2.24) is 0 Å². The second-order valence-electron chi connectivity index (χ2n) is 8.55. The molecule has 0 heterocycles. The number of esters is 1. The molecular formula is C20H27N5O2. The first-order valence-electron chi connectivity index (χ1n) is 9.62. The van der Waals surface area contributed by atoms with Crippen molar-refractivity contribution >= 4 is 23.6 Å². The first-order valence-corrected chi connectivity index (χ1v) is 9.62. The highest BCUT2D eigenvalue weighted by atomic mass is 16.5. The number of nitrogens with zero attached hydrogens (tertiary/aromatic N) is 2. The van der Waals surface area contributed by atoms with Gasteiger partial charge in [0.2, 0.25) is 5.96 Å². The molecule has 0 radical (unpaired) electrons. The molecule has 0 aliphatic heterocycles. The van der Waals surface area contributed by atoms with E-state index in [1.807, 2.05) is 0 Å². The van der Waals surface area contributed by atoms with Crippen molar-refractivity contribution in [1.29, 1.82) is 0 Å². The summed E-state index contributed by atoms with van der Waals surface area (Å²) in [5.41, 5.74) is 17.4. The Balaban J connectivity index is 1.42. The largest absolute Gasteiger partial charge is 0.462 e. The summed E-state index contributed by atoms with van der Waals surface area (Å²) in [7, 11) is 0. The fourth-order valence-corrected chi connectivity index (χ4v) is 5.76. The van der Waals surface area contributed by atoms with Crippen LogP contribution in [0.3, 0.4) is 0 Å². The number of benzene rings is 1. The van der Waals surface area contributed by atoms with Crippen LogP contribution >= 0.6 is 0 Å². The monoisotopic (exact) mass is 369 g/mol. The van der Waals surface area contributed by atoms with E-state index < -0.39 is 0 Å². The normalized spacial score (nSPS) is 31.6. The Morgan fingerprint density at radius 2 is 1.70 bits per heavy atom. The van der Waals surface area contributed by atoms with Crippen LogP contribution in [0.1, 0.15) is 48.9 Å². The maximum atomic E-state index is 12.6. The first-order chi connectivity index (χ1) is 12.9. The molecule has 6 N–H and O–H groups in total. The standard InChI is InChI=1S/C20H27N5O2/c21-18(22)25-19(23)24-16-3-1-2-15(7-16)17(26)27-11-20-8-12-4-13(9-20)6-14(5-12)10-20/h1-3,7,12-14H,4-6,8-11H2,(H6,21,22,23,24,25). The van der Waals surface area contributed by atoms with Gasteiger partial charge in [-0.3, -0.25) is 0 Å². The third kappa shape index (κ3) is 3.91. The van der Waals surface area contributed by atoms with E-state index in [-0.39, 0.29) is 23.3 Å². The van der Waals surface area contributed by atoms with E-state index in [4.69, 9.17) is 21.9 Å². The summed E-state index contributed by atoms with van der Waals surface area (Å²) in [4.78, 5) is 20.4. The molecule has 4 aliphatic carbocycles. The molecule has 0 spiro atoms. The molecule has 0 atom stereocenters. The molecule has 0 unspecified atom stereocenters. The smallest absolute Gasteiger partial charge is 0.338 e. The average molecular weight is 369 g/mol. The van der Waals surface area contributed by atoms with Crippen molar-refractivity contribution < 1.29 is 9.53 Å². The van der Waals surface area contributed by atoms with Gasteiger partial charge in [-0.1, -0.05) is 6.07 Å². The van der Waals surface area contributed by atoms with Crippen molar-refractivity contribution in [3.05, 3.63) is 29.8 Å². The van der Waals surface area contributed by atoms with E-state index in [1.54, 1.807) is 24.3 Å². The van der Waals surface area contributed by atoms with Crippen molar-refractivity contribution in [2.45, 2.75) is 38.5 Å². The molecule has 7 nitrogen and oxygen atoms in total. The maximum Gasteiger partial charge on any atom is 0.338 e. The van der Waals surface area contributed by atoms with Gasteiger partial charge in [0.05, 0.1) is 17.9 Å². The van der Waals surface area contributed by atoms with Gasteiger partial charge in [0, 0.05) is 5.41 Å². The number of carbonyl (C=O) groups excluding carboxylic acids is 1. The first kappa shape index (κ1) is 17.8. The molecular weight excluding hydrogens is 342 g/mol. The minimum Gasteiger partial charge on any atom is -0.462 e. The minimum absolute atomic E-state index is 0.0610. The van der Waals surface area contributed by atoms with Crippen molar-refractivity contribution in [3.8, 4) is 0 Å². The number of rotatable bonds is 4. The predicted octanol–water partition coefficient (Wildman–Crippen LogP) is 2.28. The van der Waals surface area contributed by atoms with Gasteiger partial charge in [0.15, 0.2) is 5.96 Å². The van der Waals surface area contributed by atoms with E-state index >= 15 is 0 Å². The third-order valence-corrected chi connectivity index (χ3v) is 6.24. The number of aliphatic imine (C=N–C) groups is 2. The number of hydrogen-bond acceptors (Lipinski definition) is 3. The summed E-state index contributed by atoms with van der Waals surface area (Å²) in [5, 5.41) is 0. The molecule has 0 saturated heterocycles. The molecule has 4 bridgehead atoms. The Bertz CT molecular complexity index is 762. The lowest BCUT2D eigenvalue weighted by Gasteiger charge is -2.56. The van der Waals surface area contributed by atoms with Gasteiger partial charge in [-0.05, 0) is 74.5 Å². The SMILES string of the molecule is NC(N)=NC(N)=Nc1cccc(C(=O)OCC23CC4CC(CC(C4)C2)C3)c1. The molecule has 27 heavy (non-hydrogen) atoms. The van der Waals surface area contributed by atoms with Crippen LogP contribution in [-0.2, 0) is 4.74 Å². The van der Waals surface area contributed by atoms with Gasteiger partial charge < -0.3 is 21.9 Å². The number of guanidine groups is 2.